The van der Waals surface area contributed by atoms with E-state index in [-0.39, 0.29) is 11.9 Å². The number of amides is 1. The van der Waals surface area contributed by atoms with Gasteiger partial charge in [-0.2, -0.15) is 0 Å². The lowest BCUT2D eigenvalue weighted by atomic mass is 9.97. The van der Waals surface area contributed by atoms with Gasteiger partial charge in [-0.3, -0.25) is 4.79 Å². The normalized spacial score (nSPS) is 18.1. The van der Waals surface area contributed by atoms with Crippen LogP contribution < -0.4 is 0 Å². The van der Waals surface area contributed by atoms with Crippen LogP contribution in [0.1, 0.15) is 51.7 Å². The Kier molecular flexibility index (Phi) is 3.42. The number of carbonyl (C=O) groups excluding carboxylic acids is 1. The van der Waals surface area contributed by atoms with Gasteiger partial charge < -0.3 is 9.32 Å². The Bertz CT molecular complexity index is 641. The van der Waals surface area contributed by atoms with Crippen molar-refractivity contribution in [3.8, 4) is 0 Å². The molecule has 4 heteroatoms. The lowest BCUT2D eigenvalue weighted by molar-refractivity contribution is 0.0655. The fraction of sp³-hybridized carbons (Fsp3) is 0.438. The highest BCUT2D eigenvalue weighted by molar-refractivity contribution is 7.10. The van der Waals surface area contributed by atoms with E-state index in [4.69, 9.17) is 4.42 Å². The molecule has 2 aromatic heterocycles. The number of hydrogen-bond acceptors (Lipinski definition) is 3. The number of aryl methyl sites for hydroxylation is 2. The Labute approximate surface area is 123 Å². The molecule has 1 unspecified atom stereocenters. The SMILES string of the molecule is CCC1c2ccsc2CCN1C(=O)c1cc(C)oc1C. The summed E-state index contributed by atoms with van der Waals surface area (Å²) in [6, 6.07) is 4.22. The van der Waals surface area contributed by atoms with Crippen molar-refractivity contribution in [2.24, 2.45) is 0 Å². The first-order valence-corrected chi connectivity index (χ1v) is 7.94. The largest absolute Gasteiger partial charge is 0.466 e. The van der Waals surface area contributed by atoms with Gasteiger partial charge in [0, 0.05) is 11.4 Å². The first-order chi connectivity index (χ1) is 9.61. The van der Waals surface area contributed by atoms with E-state index in [0.29, 0.717) is 5.56 Å². The number of rotatable bonds is 2. The third-order valence-corrected chi connectivity index (χ3v) is 5.01. The van der Waals surface area contributed by atoms with Crippen molar-refractivity contribution in [3.63, 3.8) is 0 Å². The Balaban J connectivity index is 1.94. The average Bonchev–Trinajstić information content (AvgIpc) is 3.02. The van der Waals surface area contributed by atoms with Crippen molar-refractivity contribution in [1.29, 1.82) is 0 Å². The van der Waals surface area contributed by atoms with E-state index < -0.39 is 0 Å². The summed E-state index contributed by atoms with van der Waals surface area (Å²) in [6.45, 7) is 6.69. The summed E-state index contributed by atoms with van der Waals surface area (Å²) in [4.78, 5) is 16.2. The topological polar surface area (TPSA) is 33.5 Å². The third kappa shape index (κ3) is 2.08. The first-order valence-electron chi connectivity index (χ1n) is 7.06. The highest BCUT2D eigenvalue weighted by Crippen LogP contribution is 2.36. The fourth-order valence-electron chi connectivity index (χ4n) is 3.08. The molecule has 3 heterocycles. The molecule has 106 valence electrons. The molecule has 1 aliphatic heterocycles. The van der Waals surface area contributed by atoms with Crippen molar-refractivity contribution < 1.29 is 9.21 Å². The number of thiophene rings is 1. The van der Waals surface area contributed by atoms with E-state index in [1.165, 1.54) is 10.4 Å². The second-order valence-corrected chi connectivity index (χ2v) is 6.30. The average molecular weight is 289 g/mol. The quantitative estimate of drug-likeness (QED) is 0.833. The van der Waals surface area contributed by atoms with E-state index in [9.17, 15) is 4.79 Å². The predicted octanol–water partition coefficient (Wildman–Crippen LogP) is 4.11. The van der Waals surface area contributed by atoms with Gasteiger partial charge in [-0.25, -0.2) is 0 Å². The predicted molar refractivity (Wildman–Crippen MR) is 80.3 cm³/mol. The van der Waals surface area contributed by atoms with Gasteiger partial charge in [-0.05, 0) is 49.8 Å². The van der Waals surface area contributed by atoms with Gasteiger partial charge >= 0.3 is 0 Å². The van der Waals surface area contributed by atoms with E-state index in [1.807, 2.05) is 24.8 Å². The van der Waals surface area contributed by atoms with Crippen molar-refractivity contribution in [3.05, 3.63) is 45.0 Å². The Morgan fingerprint density at radius 3 is 2.95 bits per heavy atom. The summed E-state index contributed by atoms with van der Waals surface area (Å²) in [5.41, 5.74) is 2.04. The van der Waals surface area contributed by atoms with Gasteiger partial charge in [0.25, 0.3) is 5.91 Å². The zero-order chi connectivity index (χ0) is 14.3. The van der Waals surface area contributed by atoms with E-state index in [2.05, 4.69) is 18.4 Å². The molecule has 3 rings (SSSR count). The van der Waals surface area contributed by atoms with Crippen LogP contribution >= 0.6 is 11.3 Å². The Hall–Kier alpha value is -1.55. The van der Waals surface area contributed by atoms with Gasteiger partial charge in [-0.15, -0.1) is 11.3 Å². The minimum absolute atomic E-state index is 0.100. The third-order valence-electron chi connectivity index (χ3n) is 4.01. The highest BCUT2D eigenvalue weighted by atomic mass is 32.1. The monoisotopic (exact) mass is 289 g/mol. The number of nitrogens with zero attached hydrogens (tertiary/aromatic N) is 1. The summed E-state index contributed by atoms with van der Waals surface area (Å²) in [6.07, 6.45) is 1.91. The van der Waals surface area contributed by atoms with Crippen LogP contribution in [0.25, 0.3) is 0 Å². The minimum atomic E-state index is 0.100. The van der Waals surface area contributed by atoms with Crippen molar-refractivity contribution in [2.75, 3.05) is 6.54 Å². The van der Waals surface area contributed by atoms with Crippen molar-refractivity contribution in [2.45, 2.75) is 39.7 Å². The zero-order valence-electron chi connectivity index (χ0n) is 12.1. The van der Waals surface area contributed by atoms with E-state index in [0.717, 1.165) is 30.9 Å². The van der Waals surface area contributed by atoms with Crippen molar-refractivity contribution in [1.82, 2.24) is 4.90 Å². The molecule has 0 fully saturated rings. The molecule has 1 atom stereocenters. The van der Waals surface area contributed by atoms with Crippen LogP contribution in [0.4, 0.5) is 0 Å². The summed E-state index contributed by atoms with van der Waals surface area (Å²) in [5, 5.41) is 2.13. The first kappa shape index (κ1) is 13.4. The Morgan fingerprint density at radius 1 is 1.50 bits per heavy atom. The fourth-order valence-corrected chi connectivity index (χ4v) is 4.01. The molecule has 2 aromatic rings. The van der Waals surface area contributed by atoms with Gasteiger partial charge in [0.05, 0.1) is 11.6 Å². The number of carbonyl (C=O) groups is 1. The minimum Gasteiger partial charge on any atom is -0.466 e. The van der Waals surface area contributed by atoms with Gasteiger partial charge in [0.15, 0.2) is 0 Å². The molecule has 0 N–H and O–H groups in total. The molecular formula is C16H19NO2S. The molecule has 0 aliphatic carbocycles. The van der Waals surface area contributed by atoms with Crippen LogP contribution in [0.5, 0.6) is 0 Å². The Morgan fingerprint density at radius 2 is 2.30 bits per heavy atom. The molecule has 0 spiro atoms. The lowest BCUT2D eigenvalue weighted by Gasteiger charge is -2.35. The second kappa shape index (κ2) is 5.09. The van der Waals surface area contributed by atoms with Gasteiger partial charge in [0.1, 0.15) is 11.5 Å². The van der Waals surface area contributed by atoms with Crippen LogP contribution in [0.3, 0.4) is 0 Å². The number of hydrogen-bond donors (Lipinski definition) is 0. The molecule has 1 aliphatic rings. The van der Waals surface area contributed by atoms with Crippen LogP contribution in [0.2, 0.25) is 0 Å². The van der Waals surface area contributed by atoms with Crippen molar-refractivity contribution >= 4 is 17.2 Å². The highest BCUT2D eigenvalue weighted by Gasteiger charge is 2.32. The smallest absolute Gasteiger partial charge is 0.257 e. The van der Waals surface area contributed by atoms with Gasteiger partial charge in [0.2, 0.25) is 0 Å². The molecule has 0 aromatic carbocycles. The number of furan rings is 1. The molecule has 0 radical (unpaired) electrons. The van der Waals surface area contributed by atoms with E-state index >= 15 is 0 Å². The molecule has 0 bridgehead atoms. The van der Waals surface area contributed by atoms with Crippen LogP contribution in [-0.2, 0) is 6.42 Å². The lowest BCUT2D eigenvalue weighted by Crippen LogP contribution is -2.39. The number of fused-ring (bicyclic) bond motifs is 1. The van der Waals surface area contributed by atoms with Gasteiger partial charge in [-0.1, -0.05) is 6.92 Å². The maximum atomic E-state index is 12.8. The standard InChI is InChI=1S/C16H19NO2S/c1-4-14-12-6-8-20-15(12)5-7-17(14)16(18)13-9-10(2)19-11(13)3/h6,8-9,14H,4-5,7H2,1-3H3. The maximum absolute atomic E-state index is 12.8. The molecule has 1 amide bonds. The van der Waals surface area contributed by atoms with Crippen LogP contribution in [0, 0.1) is 13.8 Å². The second-order valence-electron chi connectivity index (χ2n) is 5.30. The molecular weight excluding hydrogens is 270 g/mol. The summed E-state index contributed by atoms with van der Waals surface area (Å²) in [7, 11) is 0. The molecule has 3 nitrogen and oxygen atoms in total. The summed E-state index contributed by atoms with van der Waals surface area (Å²) >= 11 is 1.80. The molecule has 0 saturated carbocycles. The molecule has 0 saturated heterocycles. The van der Waals surface area contributed by atoms with Crippen LogP contribution in [0.15, 0.2) is 21.9 Å². The molecule has 20 heavy (non-hydrogen) atoms. The maximum Gasteiger partial charge on any atom is 0.257 e. The summed E-state index contributed by atoms with van der Waals surface area (Å²) < 4.78 is 5.50. The zero-order valence-corrected chi connectivity index (χ0v) is 12.9. The summed E-state index contributed by atoms with van der Waals surface area (Å²) in [5.74, 6) is 1.62. The van der Waals surface area contributed by atoms with E-state index in [1.54, 1.807) is 11.3 Å². The van der Waals surface area contributed by atoms with Crippen LogP contribution in [-0.4, -0.2) is 17.4 Å².